The molecule has 1 aliphatic heterocycles. The van der Waals surface area contributed by atoms with Crippen LogP contribution in [0, 0.1) is 0 Å². The van der Waals surface area contributed by atoms with Crippen molar-refractivity contribution in [3.05, 3.63) is 16.0 Å². The van der Waals surface area contributed by atoms with Gasteiger partial charge in [0.15, 0.2) is 5.16 Å². The van der Waals surface area contributed by atoms with Gasteiger partial charge in [0.1, 0.15) is 9.94 Å². The second-order valence-electron chi connectivity index (χ2n) is 3.27. The SMILES string of the molecule is COc1cc(OC)nc(SC2=C(Cl)C(O)OC2=O)n1. The molecule has 7 nitrogen and oxygen atoms in total. The fourth-order valence-electron chi connectivity index (χ4n) is 1.24. The average molecular weight is 305 g/mol. The molecule has 19 heavy (non-hydrogen) atoms. The highest BCUT2D eigenvalue weighted by molar-refractivity contribution is 8.03. The molecule has 0 radical (unpaired) electrons. The van der Waals surface area contributed by atoms with Gasteiger partial charge in [0.25, 0.3) is 0 Å². The number of cyclic esters (lactones) is 1. The predicted molar refractivity (Wildman–Crippen MR) is 66.0 cm³/mol. The summed E-state index contributed by atoms with van der Waals surface area (Å²) in [6.45, 7) is 0. The Balaban J connectivity index is 2.31. The molecule has 9 heteroatoms. The molecule has 1 atom stereocenters. The van der Waals surface area contributed by atoms with Crippen molar-refractivity contribution in [3.63, 3.8) is 0 Å². The third kappa shape index (κ3) is 2.91. The van der Waals surface area contributed by atoms with E-state index in [9.17, 15) is 9.90 Å². The molecule has 0 bridgehead atoms. The Morgan fingerprint density at radius 1 is 1.37 bits per heavy atom. The van der Waals surface area contributed by atoms with E-state index in [4.69, 9.17) is 21.1 Å². The van der Waals surface area contributed by atoms with Gasteiger partial charge < -0.3 is 19.3 Å². The molecule has 0 spiro atoms. The lowest BCUT2D eigenvalue weighted by Gasteiger charge is -2.05. The van der Waals surface area contributed by atoms with Gasteiger partial charge in [-0.25, -0.2) is 4.79 Å². The van der Waals surface area contributed by atoms with E-state index in [2.05, 4.69) is 14.7 Å². The monoisotopic (exact) mass is 304 g/mol. The number of halogens is 1. The van der Waals surface area contributed by atoms with Crippen LogP contribution in [0.2, 0.25) is 0 Å². The maximum atomic E-state index is 11.4. The molecule has 2 rings (SSSR count). The van der Waals surface area contributed by atoms with Crippen molar-refractivity contribution < 1.29 is 24.1 Å². The number of hydrogen-bond donors (Lipinski definition) is 1. The van der Waals surface area contributed by atoms with E-state index in [1.807, 2.05) is 0 Å². The molecule has 1 unspecified atom stereocenters. The molecule has 102 valence electrons. The molecule has 1 N–H and O–H groups in total. The highest BCUT2D eigenvalue weighted by Gasteiger charge is 2.33. The smallest absolute Gasteiger partial charge is 0.349 e. The van der Waals surface area contributed by atoms with Gasteiger partial charge in [0, 0.05) is 0 Å². The average Bonchev–Trinajstić information content (AvgIpc) is 2.65. The van der Waals surface area contributed by atoms with Crippen LogP contribution in [0.25, 0.3) is 0 Å². The van der Waals surface area contributed by atoms with E-state index in [0.717, 1.165) is 11.8 Å². The number of carbonyl (C=O) groups is 1. The second-order valence-corrected chi connectivity index (χ2v) is 4.66. The summed E-state index contributed by atoms with van der Waals surface area (Å²) in [6.07, 6.45) is -1.44. The topological polar surface area (TPSA) is 90.8 Å². The predicted octanol–water partition coefficient (Wildman–Crippen LogP) is 0.911. The highest BCUT2D eigenvalue weighted by Crippen LogP contribution is 2.36. The van der Waals surface area contributed by atoms with Gasteiger partial charge in [0.2, 0.25) is 18.1 Å². The van der Waals surface area contributed by atoms with Crippen molar-refractivity contribution in [2.75, 3.05) is 14.2 Å². The maximum Gasteiger partial charge on any atom is 0.349 e. The van der Waals surface area contributed by atoms with E-state index < -0.39 is 12.3 Å². The van der Waals surface area contributed by atoms with Gasteiger partial charge >= 0.3 is 5.97 Å². The molecule has 0 amide bonds. The Morgan fingerprint density at radius 2 is 1.95 bits per heavy atom. The number of esters is 1. The molecule has 1 aliphatic rings. The summed E-state index contributed by atoms with van der Waals surface area (Å²) >= 11 is 6.63. The lowest BCUT2D eigenvalue weighted by atomic mass is 10.5. The van der Waals surface area contributed by atoms with Crippen LogP contribution in [0.1, 0.15) is 0 Å². The summed E-state index contributed by atoms with van der Waals surface area (Å²) in [4.78, 5) is 19.5. The number of thioether (sulfide) groups is 1. The number of methoxy groups -OCH3 is 2. The van der Waals surface area contributed by atoms with Crippen LogP contribution < -0.4 is 9.47 Å². The minimum atomic E-state index is -1.44. The first kappa shape index (κ1) is 13.9. The minimum absolute atomic E-state index is 0.0319. The normalized spacial score (nSPS) is 18.5. The number of aliphatic hydroxyl groups is 1. The van der Waals surface area contributed by atoms with Crippen LogP contribution in [0.15, 0.2) is 21.2 Å². The highest BCUT2D eigenvalue weighted by atomic mass is 35.5. The van der Waals surface area contributed by atoms with Crippen molar-refractivity contribution in [2.45, 2.75) is 11.4 Å². The van der Waals surface area contributed by atoms with E-state index in [1.54, 1.807) is 0 Å². The number of rotatable bonds is 4. The Morgan fingerprint density at radius 3 is 2.37 bits per heavy atom. The minimum Gasteiger partial charge on any atom is -0.481 e. The standard InChI is InChI=1S/C10H9ClN2O5S/c1-16-4-3-5(17-2)13-10(12-4)19-7-6(11)8(14)18-9(7)15/h3,8,14H,1-2H3. The Kier molecular flexibility index (Phi) is 4.13. The van der Waals surface area contributed by atoms with E-state index in [-0.39, 0.29) is 26.9 Å². The molecular weight excluding hydrogens is 296 g/mol. The van der Waals surface area contributed by atoms with Gasteiger partial charge in [0.05, 0.1) is 20.3 Å². The van der Waals surface area contributed by atoms with Crippen LogP contribution in [0.3, 0.4) is 0 Å². The molecule has 2 heterocycles. The summed E-state index contributed by atoms with van der Waals surface area (Å²) in [6, 6.07) is 1.49. The van der Waals surface area contributed by atoms with E-state index >= 15 is 0 Å². The molecular formula is C10H9ClN2O5S. The number of ether oxygens (including phenoxy) is 3. The molecule has 0 fully saturated rings. The van der Waals surface area contributed by atoms with Gasteiger partial charge in [-0.3, -0.25) is 0 Å². The molecule has 0 saturated heterocycles. The Bertz CT molecular complexity index is 528. The van der Waals surface area contributed by atoms with Crippen molar-refractivity contribution in [2.24, 2.45) is 0 Å². The summed E-state index contributed by atoms with van der Waals surface area (Å²) in [5, 5.41) is 9.37. The maximum absolute atomic E-state index is 11.4. The van der Waals surface area contributed by atoms with E-state index in [0.29, 0.717) is 0 Å². The van der Waals surface area contributed by atoms with Gasteiger partial charge in [-0.2, -0.15) is 9.97 Å². The number of hydrogen-bond acceptors (Lipinski definition) is 8. The molecule has 0 aliphatic carbocycles. The van der Waals surface area contributed by atoms with Crippen LogP contribution in [-0.2, 0) is 9.53 Å². The van der Waals surface area contributed by atoms with Gasteiger partial charge in [-0.15, -0.1) is 0 Å². The summed E-state index contributed by atoms with van der Waals surface area (Å²) in [7, 11) is 2.88. The first-order valence-electron chi connectivity index (χ1n) is 4.98. The van der Waals surface area contributed by atoms with Crippen molar-refractivity contribution in [1.82, 2.24) is 9.97 Å². The third-order valence-electron chi connectivity index (χ3n) is 2.11. The summed E-state index contributed by atoms with van der Waals surface area (Å²) in [5.74, 6) is -0.177. The number of carbonyl (C=O) groups excluding carboxylic acids is 1. The Labute approximate surface area is 117 Å². The quantitative estimate of drug-likeness (QED) is 0.648. The van der Waals surface area contributed by atoms with Crippen LogP contribution in [0.5, 0.6) is 11.8 Å². The van der Waals surface area contributed by atoms with Gasteiger partial charge in [-0.05, 0) is 11.8 Å². The largest absolute Gasteiger partial charge is 0.481 e. The summed E-state index contributed by atoms with van der Waals surface area (Å²) in [5.41, 5.74) is 0. The molecule has 1 aromatic heterocycles. The van der Waals surface area contributed by atoms with Crippen LogP contribution >= 0.6 is 23.4 Å². The summed E-state index contributed by atoms with van der Waals surface area (Å²) < 4.78 is 14.5. The zero-order valence-corrected chi connectivity index (χ0v) is 11.5. The molecule has 1 aromatic rings. The zero-order valence-electron chi connectivity index (χ0n) is 9.92. The van der Waals surface area contributed by atoms with Crippen LogP contribution in [-0.4, -0.2) is 41.6 Å². The fraction of sp³-hybridized carbons (Fsp3) is 0.300. The van der Waals surface area contributed by atoms with E-state index in [1.165, 1.54) is 20.3 Å². The first-order valence-corrected chi connectivity index (χ1v) is 6.18. The number of aliphatic hydroxyl groups excluding tert-OH is 1. The first-order chi connectivity index (χ1) is 9.05. The molecule has 0 aromatic carbocycles. The number of aromatic nitrogens is 2. The van der Waals surface area contributed by atoms with Crippen molar-refractivity contribution in [3.8, 4) is 11.8 Å². The van der Waals surface area contributed by atoms with Crippen molar-refractivity contribution in [1.29, 1.82) is 0 Å². The number of nitrogens with zero attached hydrogens (tertiary/aromatic N) is 2. The van der Waals surface area contributed by atoms with Crippen molar-refractivity contribution >= 4 is 29.3 Å². The zero-order chi connectivity index (χ0) is 14.0. The lowest BCUT2D eigenvalue weighted by Crippen LogP contribution is -2.07. The Hall–Kier alpha value is -1.51. The lowest BCUT2D eigenvalue weighted by molar-refractivity contribution is -0.150. The molecule has 0 saturated carbocycles. The fourth-order valence-corrected chi connectivity index (χ4v) is 2.26. The van der Waals surface area contributed by atoms with Crippen LogP contribution in [0.4, 0.5) is 0 Å². The third-order valence-corrected chi connectivity index (χ3v) is 3.55. The second kappa shape index (κ2) is 5.64. The van der Waals surface area contributed by atoms with Gasteiger partial charge in [-0.1, -0.05) is 11.6 Å².